The lowest BCUT2D eigenvalue weighted by Gasteiger charge is -2.32. The predicted octanol–water partition coefficient (Wildman–Crippen LogP) is 2.93. The van der Waals surface area contributed by atoms with Crippen molar-refractivity contribution in [3.8, 4) is 5.75 Å². The molecule has 1 fully saturated rings. The standard InChI is InChI=1S/C19H31N3O2.2ClH/c1-4-20-15-16-9-11-22(12-10-16)19(23)17-7-5-6-8-18(17)24-14-13-21(2)3;;/h5-8,16,20H,4,9-15H2,1-3H3;2*1H. The summed E-state index contributed by atoms with van der Waals surface area (Å²) >= 11 is 0. The maximum absolute atomic E-state index is 12.9. The van der Waals surface area contributed by atoms with Gasteiger partial charge in [-0.05, 0) is 58.1 Å². The van der Waals surface area contributed by atoms with Crippen molar-refractivity contribution >= 4 is 30.7 Å². The van der Waals surface area contributed by atoms with Crippen molar-refractivity contribution < 1.29 is 9.53 Å². The van der Waals surface area contributed by atoms with Crippen LogP contribution in [-0.2, 0) is 0 Å². The molecule has 1 amide bonds. The van der Waals surface area contributed by atoms with E-state index in [1.807, 2.05) is 43.3 Å². The molecule has 1 aliphatic rings. The van der Waals surface area contributed by atoms with E-state index in [4.69, 9.17) is 4.74 Å². The van der Waals surface area contributed by atoms with Gasteiger partial charge in [0.15, 0.2) is 0 Å². The van der Waals surface area contributed by atoms with Gasteiger partial charge in [-0.15, -0.1) is 24.8 Å². The molecule has 1 aromatic rings. The van der Waals surface area contributed by atoms with E-state index in [9.17, 15) is 4.79 Å². The molecule has 1 aromatic carbocycles. The molecule has 0 atom stereocenters. The first-order valence-electron chi connectivity index (χ1n) is 8.98. The van der Waals surface area contributed by atoms with Crippen molar-refractivity contribution in [3.05, 3.63) is 29.8 Å². The molecule has 150 valence electrons. The van der Waals surface area contributed by atoms with E-state index in [0.29, 0.717) is 23.8 Å². The average Bonchev–Trinajstić information content (AvgIpc) is 2.60. The molecule has 0 unspecified atom stereocenters. The zero-order valence-electron chi connectivity index (χ0n) is 16.1. The summed E-state index contributed by atoms with van der Waals surface area (Å²) in [6.45, 7) is 7.29. The highest BCUT2D eigenvalue weighted by Crippen LogP contribution is 2.23. The third-order valence-corrected chi connectivity index (χ3v) is 4.50. The van der Waals surface area contributed by atoms with E-state index in [0.717, 1.165) is 45.6 Å². The summed E-state index contributed by atoms with van der Waals surface area (Å²) in [5.74, 6) is 1.47. The van der Waals surface area contributed by atoms with Gasteiger partial charge in [0.1, 0.15) is 12.4 Å². The highest BCUT2D eigenvalue weighted by Gasteiger charge is 2.25. The number of nitrogens with one attached hydrogen (secondary N) is 1. The molecule has 7 heteroatoms. The summed E-state index contributed by atoms with van der Waals surface area (Å²) in [5.41, 5.74) is 0.682. The Labute approximate surface area is 170 Å². The van der Waals surface area contributed by atoms with Crippen LogP contribution in [0.5, 0.6) is 5.75 Å². The Hall–Kier alpha value is -1.01. The van der Waals surface area contributed by atoms with E-state index < -0.39 is 0 Å². The van der Waals surface area contributed by atoms with E-state index in [1.165, 1.54) is 0 Å². The van der Waals surface area contributed by atoms with Crippen LogP contribution in [0, 0.1) is 5.92 Å². The zero-order valence-corrected chi connectivity index (χ0v) is 17.7. The fourth-order valence-corrected chi connectivity index (χ4v) is 2.97. The SMILES string of the molecule is CCNCC1CCN(C(=O)c2ccccc2OCCN(C)C)CC1.Cl.Cl. The lowest BCUT2D eigenvalue weighted by molar-refractivity contribution is 0.0685. The summed E-state index contributed by atoms with van der Waals surface area (Å²) in [7, 11) is 4.02. The van der Waals surface area contributed by atoms with Crippen LogP contribution < -0.4 is 10.1 Å². The number of halogens is 2. The number of para-hydroxylation sites is 1. The molecule has 2 rings (SSSR count). The second kappa shape index (κ2) is 13.2. The van der Waals surface area contributed by atoms with Gasteiger partial charge >= 0.3 is 0 Å². The average molecular weight is 406 g/mol. The topological polar surface area (TPSA) is 44.8 Å². The van der Waals surface area contributed by atoms with Gasteiger partial charge in [-0.3, -0.25) is 4.79 Å². The second-order valence-corrected chi connectivity index (χ2v) is 6.69. The summed E-state index contributed by atoms with van der Waals surface area (Å²) in [6, 6.07) is 7.59. The smallest absolute Gasteiger partial charge is 0.257 e. The quantitative estimate of drug-likeness (QED) is 0.721. The third kappa shape index (κ3) is 7.70. The molecule has 1 saturated heterocycles. The van der Waals surface area contributed by atoms with Crippen LogP contribution in [0.15, 0.2) is 24.3 Å². The first-order chi connectivity index (χ1) is 11.6. The molecule has 0 radical (unpaired) electrons. The maximum Gasteiger partial charge on any atom is 0.257 e. The van der Waals surface area contributed by atoms with Gasteiger partial charge in [0.05, 0.1) is 5.56 Å². The first-order valence-corrected chi connectivity index (χ1v) is 8.98. The molecule has 5 nitrogen and oxygen atoms in total. The molecular formula is C19H33Cl2N3O2. The number of amides is 1. The highest BCUT2D eigenvalue weighted by atomic mass is 35.5. The Balaban J connectivity index is 0.00000312. The summed E-state index contributed by atoms with van der Waals surface area (Å²) < 4.78 is 5.83. The van der Waals surface area contributed by atoms with Crippen molar-refractivity contribution in [2.24, 2.45) is 5.92 Å². The Kier molecular flexibility index (Phi) is 12.7. The minimum Gasteiger partial charge on any atom is -0.491 e. The second-order valence-electron chi connectivity index (χ2n) is 6.69. The van der Waals surface area contributed by atoms with Crippen molar-refractivity contribution in [1.82, 2.24) is 15.1 Å². The lowest BCUT2D eigenvalue weighted by atomic mass is 9.96. The lowest BCUT2D eigenvalue weighted by Crippen LogP contribution is -2.40. The van der Waals surface area contributed by atoms with Crippen LogP contribution >= 0.6 is 24.8 Å². The molecule has 0 aliphatic carbocycles. The summed E-state index contributed by atoms with van der Waals surface area (Å²) in [4.78, 5) is 16.9. The minimum absolute atomic E-state index is 0. The number of likely N-dealkylation sites (N-methyl/N-ethyl adjacent to an activating group) is 1. The first kappa shape index (κ1) is 25.0. The number of hydrogen-bond donors (Lipinski definition) is 1. The molecule has 1 N–H and O–H groups in total. The largest absolute Gasteiger partial charge is 0.491 e. The number of benzene rings is 1. The fraction of sp³-hybridized carbons (Fsp3) is 0.632. The number of likely N-dealkylation sites (tertiary alicyclic amines) is 1. The van der Waals surface area contributed by atoms with Crippen LogP contribution in [0.3, 0.4) is 0 Å². The molecule has 0 spiro atoms. The van der Waals surface area contributed by atoms with Crippen molar-refractivity contribution in [2.75, 3.05) is 53.4 Å². The van der Waals surface area contributed by atoms with Gasteiger partial charge in [-0.25, -0.2) is 0 Å². The normalized spacial score (nSPS) is 14.5. The molecule has 0 saturated carbocycles. The van der Waals surface area contributed by atoms with Gasteiger partial charge < -0.3 is 19.9 Å². The van der Waals surface area contributed by atoms with E-state index in [-0.39, 0.29) is 30.7 Å². The van der Waals surface area contributed by atoms with Gasteiger partial charge in [0.25, 0.3) is 5.91 Å². The third-order valence-electron chi connectivity index (χ3n) is 4.50. The molecule has 1 heterocycles. The van der Waals surface area contributed by atoms with Crippen LogP contribution in [-0.4, -0.2) is 69.1 Å². The molecule has 1 aliphatic heterocycles. The van der Waals surface area contributed by atoms with Gasteiger partial charge in [-0.1, -0.05) is 19.1 Å². The number of piperidine rings is 1. The molecule has 0 aromatic heterocycles. The van der Waals surface area contributed by atoms with Crippen LogP contribution in [0.25, 0.3) is 0 Å². The van der Waals surface area contributed by atoms with Gasteiger partial charge in [0, 0.05) is 19.6 Å². The number of ether oxygens (including phenoxy) is 1. The van der Waals surface area contributed by atoms with Crippen LogP contribution in [0.2, 0.25) is 0 Å². The van der Waals surface area contributed by atoms with Crippen molar-refractivity contribution in [3.63, 3.8) is 0 Å². The number of rotatable bonds is 8. The molecular weight excluding hydrogens is 373 g/mol. The van der Waals surface area contributed by atoms with E-state index in [1.54, 1.807) is 0 Å². The van der Waals surface area contributed by atoms with Crippen molar-refractivity contribution in [2.45, 2.75) is 19.8 Å². The number of carbonyl (C=O) groups excluding carboxylic acids is 1. The summed E-state index contributed by atoms with van der Waals surface area (Å²) in [5, 5.41) is 3.41. The fourth-order valence-electron chi connectivity index (χ4n) is 2.97. The zero-order chi connectivity index (χ0) is 17.4. The molecule has 26 heavy (non-hydrogen) atoms. The predicted molar refractivity (Wildman–Crippen MR) is 112 cm³/mol. The van der Waals surface area contributed by atoms with E-state index >= 15 is 0 Å². The summed E-state index contributed by atoms with van der Waals surface area (Å²) in [6.07, 6.45) is 2.14. The maximum atomic E-state index is 12.9. The highest BCUT2D eigenvalue weighted by molar-refractivity contribution is 5.97. The van der Waals surface area contributed by atoms with E-state index in [2.05, 4.69) is 17.1 Å². The Morgan fingerprint density at radius 1 is 1.23 bits per heavy atom. The van der Waals surface area contributed by atoms with Gasteiger partial charge in [0.2, 0.25) is 0 Å². The van der Waals surface area contributed by atoms with Crippen molar-refractivity contribution in [1.29, 1.82) is 0 Å². The Bertz CT molecular complexity index is 521. The van der Waals surface area contributed by atoms with Crippen LogP contribution in [0.1, 0.15) is 30.1 Å². The van der Waals surface area contributed by atoms with Crippen LogP contribution in [0.4, 0.5) is 0 Å². The Morgan fingerprint density at radius 2 is 1.88 bits per heavy atom. The molecule has 0 bridgehead atoms. The number of hydrogen-bond acceptors (Lipinski definition) is 4. The number of nitrogens with zero attached hydrogens (tertiary/aromatic N) is 2. The monoisotopic (exact) mass is 405 g/mol. The minimum atomic E-state index is 0. The number of carbonyl (C=O) groups is 1. The Morgan fingerprint density at radius 3 is 2.50 bits per heavy atom. The van der Waals surface area contributed by atoms with Gasteiger partial charge in [-0.2, -0.15) is 0 Å².